The first-order chi connectivity index (χ1) is 16.6. The lowest BCUT2D eigenvalue weighted by Gasteiger charge is -2.47. The van der Waals surface area contributed by atoms with Gasteiger partial charge in [0.1, 0.15) is 24.1 Å². The van der Waals surface area contributed by atoms with Crippen LogP contribution in [0.5, 0.6) is 0 Å². The molecule has 0 amide bonds. The van der Waals surface area contributed by atoms with E-state index in [1.807, 2.05) is 0 Å². The summed E-state index contributed by atoms with van der Waals surface area (Å²) in [7, 11) is -4.23. The van der Waals surface area contributed by atoms with Crippen molar-refractivity contribution in [2.75, 3.05) is 6.61 Å². The molecule has 1 saturated carbocycles. The number of rotatable bonds is 7. The standard InChI is InChI=1S/C24H31NO10S/c1-14-12-24(25(28)29)19(21(14)36(30,31)17-10-8-7-9-11-17)20(33-16(3)27)18(13-32-15(2)26)34-22(24)35-23(4,5)6/h7-11,18-22H,1,12-13H2,2-6H3/t18-,19-,20-,21-,22-,24-/m1/s1. The van der Waals surface area contributed by atoms with Crippen molar-refractivity contribution in [3.63, 3.8) is 0 Å². The van der Waals surface area contributed by atoms with Crippen molar-refractivity contribution < 1.29 is 41.9 Å². The van der Waals surface area contributed by atoms with Gasteiger partial charge >= 0.3 is 11.9 Å². The minimum absolute atomic E-state index is 0.0619. The molecule has 0 radical (unpaired) electrons. The predicted octanol–water partition coefficient (Wildman–Crippen LogP) is 2.46. The van der Waals surface area contributed by atoms with E-state index in [1.165, 1.54) is 24.3 Å². The molecule has 11 nitrogen and oxygen atoms in total. The molecular formula is C24H31NO10S. The van der Waals surface area contributed by atoms with Gasteiger partial charge in [0, 0.05) is 25.2 Å². The number of sulfone groups is 1. The van der Waals surface area contributed by atoms with E-state index < -0.39 is 74.1 Å². The first-order valence-corrected chi connectivity index (χ1v) is 12.9. The summed E-state index contributed by atoms with van der Waals surface area (Å²) in [6, 6.07) is 7.48. The van der Waals surface area contributed by atoms with E-state index in [0.717, 1.165) is 13.8 Å². The number of nitrogens with zero attached hydrogens (tertiary/aromatic N) is 1. The summed E-state index contributed by atoms with van der Waals surface area (Å²) >= 11 is 0. The maximum Gasteiger partial charge on any atom is 0.303 e. The minimum Gasteiger partial charge on any atom is -0.463 e. The number of hydrogen-bond donors (Lipinski definition) is 0. The molecule has 1 heterocycles. The Morgan fingerprint density at radius 3 is 2.31 bits per heavy atom. The summed E-state index contributed by atoms with van der Waals surface area (Å²) in [5.74, 6) is -2.92. The number of esters is 2. The van der Waals surface area contributed by atoms with Crippen molar-refractivity contribution in [1.82, 2.24) is 0 Å². The van der Waals surface area contributed by atoms with E-state index in [0.29, 0.717) is 0 Å². The number of benzene rings is 1. The Morgan fingerprint density at radius 2 is 1.81 bits per heavy atom. The molecule has 36 heavy (non-hydrogen) atoms. The SMILES string of the molecule is C=C1C[C@]2([N+](=O)[O-])[C@@H](OC(C)(C)C)O[C@H](COC(C)=O)[C@@H](OC(C)=O)[C@@H]2[C@@H]1S(=O)(=O)c1ccccc1. The van der Waals surface area contributed by atoms with Gasteiger partial charge in [0.15, 0.2) is 9.84 Å². The predicted molar refractivity (Wildman–Crippen MR) is 126 cm³/mol. The molecule has 1 aromatic carbocycles. The van der Waals surface area contributed by atoms with Crippen molar-refractivity contribution in [3.05, 3.63) is 52.6 Å². The number of fused-ring (bicyclic) bond motifs is 1. The number of hydrogen-bond acceptors (Lipinski definition) is 10. The fourth-order valence-electron chi connectivity index (χ4n) is 4.95. The van der Waals surface area contributed by atoms with Crippen LogP contribution in [0.1, 0.15) is 41.0 Å². The van der Waals surface area contributed by atoms with Crippen LogP contribution >= 0.6 is 0 Å². The molecule has 6 atom stereocenters. The van der Waals surface area contributed by atoms with Gasteiger partial charge in [-0.2, -0.15) is 0 Å². The third-order valence-electron chi connectivity index (χ3n) is 6.20. The Hall–Kier alpha value is -2.83. The highest BCUT2D eigenvalue weighted by atomic mass is 32.2. The first-order valence-electron chi connectivity index (χ1n) is 11.4. The van der Waals surface area contributed by atoms with E-state index >= 15 is 0 Å². The molecule has 2 aliphatic rings. The highest BCUT2D eigenvalue weighted by molar-refractivity contribution is 7.92. The van der Waals surface area contributed by atoms with Crippen LogP contribution in [0.4, 0.5) is 0 Å². The van der Waals surface area contributed by atoms with Crippen LogP contribution in [0.2, 0.25) is 0 Å². The van der Waals surface area contributed by atoms with Gasteiger partial charge < -0.3 is 18.9 Å². The molecule has 12 heteroatoms. The molecule has 0 aromatic heterocycles. The molecule has 1 aromatic rings. The van der Waals surface area contributed by atoms with E-state index in [4.69, 9.17) is 18.9 Å². The number of ether oxygens (including phenoxy) is 4. The van der Waals surface area contributed by atoms with Gasteiger partial charge in [-0.3, -0.25) is 19.7 Å². The van der Waals surface area contributed by atoms with Crippen molar-refractivity contribution in [2.45, 2.75) is 80.8 Å². The molecule has 0 unspecified atom stereocenters. The van der Waals surface area contributed by atoms with Crippen LogP contribution in [0.25, 0.3) is 0 Å². The smallest absolute Gasteiger partial charge is 0.303 e. The second-order valence-corrected chi connectivity index (χ2v) is 12.1. The molecule has 0 bridgehead atoms. The molecule has 1 saturated heterocycles. The van der Waals surface area contributed by atoms with Gasteiger partial charge in [-0.05, 0) is 32.9 Å². The molecule has 0 N–H and O–H groups in total. The van der Waals surface area contributed by atoms with Gasteiger partial charge in [-0.25, -0.2) is 8.42 Å². The molecule has 3 rings (SSSR count). The summed E-state index contributed by atoms with van der Waals surface area (Å²) in [4.78, 5) is 35.8. The van der Waals surface area contributed by atoms with Gasteiger partial charge in [0.25, 0.3) is 5.54 Å². The molecule has 198 valence electrons. The average Bonchev–Trinajstić information content (AvgIpc) is 3.09. The Kier molecular flexibility index (Phi) is 7.64. The van der Waals surface area contributed by atoms with Crippen LogP contribution < -0.4 is 0 Å². The molecule has 2 fully saturated rings. The maximum absolute atomic E-state index is 13.9. The lowest BCUT2D eigenvalue weighted by molar-refractivity contribution is -0.619. The van der Waals surface area contributed by atoms with Crippen LogP contribution in [0, 0.1) is 16.0 Å². The Balaban J connectivity index is 2.27. The number of nitro groups is 1. The summed E-state index contributed by atoms with van der Waals surface area (Å²) in [5.41, 5.74) is -3.02. The van der Waals surface area contributed by atoms with Crippen LogP contribution in [0.3, 0.4) is 0 Å². The third-order valence-corrected chi connectivity index (χ3v) is 8.43. The summed E-state index contributed by atoms with van der Waals surface area (Å²) in [5, 5.41) is 11.3. The Bertz CT molecular complexity index is 1140. The first kappa shape index (κ1) is 27.8. The zero-order chi connectivity index (χ0) is 27.1. The number of carbonyl (C=O) groups excluding carboxylic acids is 2. The molecule has 1 aliphatic heterocycles. The second kappa shape index (κ2) is 9.91. The highest BCUT2D eigenvalue weighted by Gasteiger charge is 2.75. The normalized spacial score (nSPS) is 30.4. The highest BCUT2D eigenvalue weighted by Crippen LogP contribution is 2.54. The van der Waals surface area contributed by atoms with Crippen molar-refractivity contribution >= 4 is 21.8 Å². The van der Waals surface area contributed by atoms with E-state index in [-0.39, 0.29) is 16.9 Å². The van der Waals surface area contributed by atoms with Crippen molar-refractivity contribution in [1.29, 1.82) is 0 Å². The lowest BCUT2D eigenvalue weighted by atomic mass is 9.78. The summed E-state index contributed by atoms with van der Waals surface area (Å²) < 4.78 is 50.3. The van der Waals surface area contributed by atoms with Crippen molar-refractivity contribution in [2.24, 2.45) is 5.92 Å². The van der Waals surface area contributed by atoms with Crippen LogP contribution in [0.15, 0.2) is 47.4 Å². The van der Waals surface area contributed by atoms with E-state index in [9.17, 15) is 28.1 Å². The van der Waals surface area contributed by atoms with Gasteiger partial charge in [0.2, 0.25) is 6.29 Å². The molecular weight excluding hydrogens is 494 g/mol. The third kappa shape index (κ3) is 5.16. The van der Waals surface area contributed by atoms with Gasteiger partial charge in [-0.15, -0.1) is 0 Å². The zero-order valence-electron chi connectivity index (χ0n) is 20.8. The van der Waals surface area contributed by atoms with Crippen molar-refractivity contribution in [3.8, 4) is 0 Å². The number of carbonyl (C=O) groups is 2. The van der Waals surface area contributed by atoms with Gasteiger partial charge in [0.05, 0.1) is 16.4 Å². The lowest BCUT2D eigenvalue weighted by Crippen LogP contribution is -2.69. The van der Waals surface area contributed by atoms with Crippen LogP contribution in [-0.2, 0) is 38.4 Å². The fourth-order valence-corrected chi connectivity index (χ4v) is 7.08. The molecule has 1 aliphatic carbocycles. The van der Waals surface area contributed by atoms with Crippen LogP contribution in [-0.4, -0.2) is 66.8 Å². The minimum atomic E-state index is -4.23. The van der Waals surface area contributed by atoms with Gasteiger partial charge in [-0.1, -0.05) is 30.4 Å². The monoisotopic (exact) mass is 525 g/mol. The fraction of sp³-hybridized carbons (Fsp3) is 0.583. The maximum atomic E-state index is 13.9. The van der Waals surface area contributed by atoms with E-state index in [2.05, 4.69) is 6.58 Å². The molecule has 0 spiro atoms. The zero-order valence-corrected chi connectivity index (χ0v) is 21.6. The summed E-state index contributed by atoms with van der Waals surface area (Å²) in [6.07, 6.45) is -4.63. The quantitative estimate of drug-likeness (QED) is 0.225. The topological polar surface area (TPSA) is 148 Å². The average molecular weight is 526 g/mol. The summed E-state index contributed by atoms with van der Waals surface area (Å²) in [6.45, 7) is 10.7. The van der Waals surface area contributed by atoms with E-state index in [1.54, 1.807) is 26.8 Å². The Morgan fingerprint density at radius 1 is 1.19 bits per heavy atom. The Labute approximate surface area is 209 Å². The largest absolute Gasteiger partial charge is 0.463 e. The second-order valence-electron chi connectivity index (χ2n) is 10.0.